The number of carboxylic acid groups (broad SMARTS) is 1. The Hall–Kier alpha value is -3.02. The molecule has 2 rings (SSSR count). The van der Waals surface area contributed by atoms with E-state index in [2.05, 4.69) is 5.32 Å². The number of benzene rings is 2. The maximum Gasteiger partial charge on any atom is 0.404 e. The molecular weight excluding hydrogens is 286 g/mol. The highest BCUT2D eigenvalue weighted by molar-refractivity contribution is 6.09. The second-order valence-electron chi connectivity index (χ2n) is 4.48. The Balaban J connectivity index is 1.95. The first-order valence-corrected chi connectivity index (χ1v) is 6.59. The van der Waals surface area contributed by atoms with Crippen LogP contribution in [0.4, 0.5) is 4.79 Å². The maximum absolute atomic E-state index is 12.2. The summed E-state index contributed by atoms with van der Waals surface area (Å²) in [7, 11) is 0. The summed E-state index contributed by atoms with van der Waals surface area (Å²) < 4.78 is 5.34. The first-order valence-electron chi connectivity index (χ1n) is 6.59. The fourth-order valence-electron chi connectivity index (χ4n) is 1.81. The zero-order chi connectivity index (χ0) is 15.9. The van der Waals surface area contributed by atoms with E-state index in [9.17, 15) is 14.7 Å². The number of nitrogens with one attached hydrogen (secondary N) is 1. The fraction of sp³-hybridized carbons (Fsp3) is 0.125. The molecule has 6 heteroatoms. The van der Waals surface area contributed by atoms with Crippen molar-refractivity contribution in [3.8, 4) is 11.5 Å². The molecule has 22 heavy (non-hydrogen) atoms. The highest BCUT2D eigenvalue weighted by atomic mass is 16.5. The number of aromatic hydroxyl groups is 1. The highest BCUT2D eigenvalue weighted by Crippen LogP contribution is 2.17. The van der Waals surface area contributed by atoms with Crippen LogP contribution < -0.4 is 10.1 Å². The molecule has 0 heterocycles. The molecule has 2 aromatic carbocycles. The second-order valence-corrected chi connectivity index (χ2v) is 4.48. The summed E-state index contributed by atoms with van der Waals surface area (Å²) in [6.07, 6.45) is -1.10. The third kappa shape index (κ3) is 4.24. The number of rotatable bonds is 6. The molecule has 0 radical (unpaired) electrons. The van der Waals surface area contributed by atoms with E-state index in [4.69, 9.17) is 9.84 Å². The van der Waals surface area contributed by atoms with E-state index < -0.39 is 6.09 Å². The lowest BCUT2D eigenvalue weighted by Gasteiger charge is -2.07. The predicted octanol–water partition coefficient (Wildman–Crippen LogP) is 2.27. The van der Waals surface area contributed by atoms with Gasteiger partial charge >= 0.3 is 6.09 Å². The van der Waals surface area contributed by atoms with Gasteiger partial charge in [-0.1, -0.05) is 0 Å². The van der Waals surface area contributed by atoms with Crippen molar-refractivity contribution in [3.05, 3.63) is 59.7 Å². The van der Waals surface area contributed by atoms with Gasteiger partial charge in [0.15, 0.2) is 5.78 Å². The van der Waals surface area contributed by atoms with Crippen molar-refractivity contribution in [1.29, 1.82) is 0 Å². The molecule has 6 nitrogen and oxygen atoms in total. The van der Waals surface area contributed by atoms with Crippen molar-refractivity contribution in [2.24, 2.45) is 0 Å². The van der Waals surface area contributed by atoms with Gasteiger partial charge < -0.3 is 20.3 Å². The Kier molecular flexibility index (Phi) is 4.98. The number of carbonyl (C=O) groups excluding carboxylic acids is 1. The van der Waals surface area contributed by atoms with Gasteiger partial charge in [0.25, 0.3) is 0 Å². The van der Waals surface area contributed by atoms with Gasteiger partial charge in [0, 0.05) is 11.1 Å². The van der Waals surface area contributed by atoms with Gasteiger partial charge in [0.05, 0.1) is 6.54 Å². The van der Waals surface area contributed by atoms with Crippen molar-refractivity contribution in [3.63, 3.8) is 0 Å². The van der Waals surface area contributed by atoms with E-state index in [0.717, 1.165) is 0 Å². The summed E-state index contributed by atoms with van der Waals surface area (Å²) in [5.41, 5.74) is 0.985. The first kappa shape index (κ1) is 15.4. The zero-order valence-corrected chi connectivity index (χ0v) is 11.7. The number of ketones is 1. The summed E-state index contributed by atoms with van der Waals surface area (Å²) in [6, 6.07) is 12.6. The Bertz CT molecular complexity index is 649. The number of ether oxygens (including phenoxy) is 1. The van der Waals surface area contributed by atoms with Crippen LogP contribution >= 0.6 is 0 Å². The van der Waals surface area contributed by atoms with Crippen LogP contribution in [0.2, 0.25) is 0 Å². The Morgan fingerprint density at radius 3 is 2.05 bits per heavy atom. The van der Waals surface area contributed by atoms with Crippen molar-refractivity contribution < 1.29 is 24.5 Å². The minimum absolute atomic E-state index is 0.107. The zero-order valence-electron chi connectivity index (χ0n) is 11.7. The van der Waals surface area contributed by atoms with Gasteiger partial charge in [-0.15, -0.1) is 0 Å². The lowest BCUT2D eigenvalue weighted by molar-refractivity contribution is 0.103. The van der Waals surface area contributed by atoms with Crippen LogP contribution in [-0.2, 0) is 0 Å². The molecule has 0 unspecified atom stereocenters. The lowest BCUT2D eigenvalue weighted by atomic mass is 10.0. The number of carbonyl (C=O) groups is 2. The minimum Gasteiger partial charge on any atom is -0.508 e. The van der Waals surface area contributed by atoms with E-state index in [1.807, 2.05) is 0 Å². The molecule has 0 aliphatic heterocycles. The molecule has 1 amide bonds. The second kappa shape index (κ2) is 7.12. The molecule has 0 fully saturated rings. The average molecular weight is 301 g/mol. The van der Waals surface area contributed by atoms with Crippen LogP contribution in [0.25, 0.3) is 0 Å². The monoisotopic (exact) mass is 301 g/mol. The van der Waals surface area contributed by atoms with E-state index in [0.29, 0.717) is 16.9 Å². The molecule has 0 spiro atoms. The number of phenols is 1. The standard InChI is InChI=1S/C16H15NO5/c18-13-5-1-11(2-6-13)15(19)12-3-7-14(8-4-12)22-10-9-17-16(20)21/h1-8,17-18H,9-10H2,(H,20,21). The molecule has 0 atom stereocenters. The molecule has 0 aromatic heterocycles. The number of hydrogen-bond donors (Lipinski definition) is 3. The van der Waals surface area contributed by atoms with E-state index >= 15 is 0 Å². The first-order chi connectivity index (χ1) is 10.6. The van der Waals surface area contributed by atoms with Gasteiger partial charge in [-0.2, -0.15) is 0 Å². The SMILES string of the molecule is O=C(O)NCCOc1ccc(C(=O)c2ccc(O)cc2)cc1. The van der Waals surface area contributed by atoms with Crippen LogP contribution in [0.3, 0.4) is 0 Å². The lowest BCUT2D eigenvalue weighted by Crippen LogP contribution is -2.26. The van der Waals surface area contributed by atoms with Crippen molar-refractivity contribution in [2.45, 2.75) is 0 Å². The third-order valence-electron chi connectivity index (χ3n) is 2.89. The summed E-state index contributed by atoms with van der Waals surface area (Å²) in [5.74, 6) is 0.504. The topological polar surface area (TPSA) is 95.9 Å². The normalized spacial score (nSPS) is 10.0. The van der Waals surface area contributed by atoms with Gasteiger partial charge in [-0.3, -0.25) is 4.79 Å². The maximum atomic E-state index is 12.2. The number of hydrogen-bond acceptors (Lipinski definition) is 4. The fourth-order valence-corrected chi connectivity index (χ4v) is 1.81. The quantitative estimate of drug-likeness (QED) is 0.562. The summed E-state index contributed by atoms with van der Waals surface area (Å²) in [6.45, 7) is 0.390. The van der Waals surface area contributed by atoms with Crippen LogP contribution in [0.5, 0.6) is 11.5 Å². The molecule has 0 saturated heterocycles. The Morgan fingerprint density at radius 1 is 0.955 bits per heavy atom. The average Bonchev–Trinajstić information content (AvgIpc) is 2.52. The van der Waals surface area contributed by atoms with Crippen molar-refractivity contribution in [2.75, 3.05) is 13.2 Å². The molecule has 0 saturated carbocycles. The molecule has 2 aromatic rings. The summed E-state index contributed by atoms with van der Waals surface area (Å²) >= 11 is 0. The minimum atomic E-state index is -1.10. The molecule has 0 aliphatic rings. The molecule has 114 valence electrons. The van der Waals surface area contributed by atoms with Crippen molar-refractivity contribution >= 4 is 11.9 Å². The molecule has 0 aliphatic carbocycles. The van der Waals surface area contributed by atoms with Gasteiger partial charge in [-0.05, 0) is 48.5 Å². The highest BCUT2D eigenvalue weighted by Gasteiger charge is 2.09. The Labute approximate surface area is 127 Å². The van der Waals surface area contributed by atoms with Gasteiger partial charge in [0.1, 0.15) is 18.1 Å². The number of amides is 1. The largest absolute Gasteiger partial charge is 0.508 e. The number of phenolic OH excluding ortho intramolecular Hbond substituents is 1. The van der Waals surface area contributed by atoms with E-state index in [1.54, 1.807) is 36.4 Å². The van der Waals surface area contributed by atoms with Crippen LogP contribution in [0, 0.1) is 0 Å². The summed E-state index contributed by atoms with van der Waals surface area (Å²) in [4.78, 5) is 22.5. The van der Waals surface area contributed by atoms with Gasteiger partial charge in [-0.25, -0.2) is 4.79 Å². The van der Waals surface area contributed by atoms with Gasteiger partial charge in [0.2, 0.25) is 0 Å². The molecular formula is C16H15NO5. The predicted molar refractivity (Wildman–Crippen MR) is 79.5 cm³/mol. The smallest absolute Gasteiger partial charge is 0.404 e. The van der Waals surface area contributed by atoms with Crippen molar-refractivity contribution in [1.82, 2.24) is 5.32 Å². The van der Waals surface area contributed by atoms with Crippen LogP contribution in [0.1, 0.15) is 15.9 Å². The van der Waals surface area contributed by atoms with E-state index in [1.165, 1.54) is 12.1 Å². The van der Waals surface area contributed by atoms with E-state index in [-0.39, 0.29) is 24.7 Å². The summed E-state index contributed by atoms with van der Waals surface area (Å²) in [5, 5.41) is 19.8. The molecule has 3 N–H and O–H groups in total. The van der Waals surface area contributed by atoms with Crippen LogP contribution in [0.15, 0.2) is 48.5 Å². The Morgan fingerprint density at radius 2 is 1.50 bits per heavy atom. The third-order valence-corrected chi connectivity index (χ3v) is 2.89. The molecule has 0 bridgehead atoms. The van der Waals surface area contributed by atoms with Crippen LogP contribution in [-0.4, -0.2) is 35.2 Å².